The summed E-state index contributed by atoms with van der Waals surface area (Å²) >= 11 is 1.23. The third kappa shape index (κ3) is 2.64. The molecular formula is C10H9N5O2S. The van der Waals surface area contributed by atoms with Gasteiger partial charge in [0.05, 0.1) is 20.4 Å². The van der Waals surface area contributed by atoms with Crippen molar-refractivity contribution < 1.29 is 9.47 Å². The van der Waals surface area contributed by atoms with Gasteiger partial charge in [-0.05, 0) is 0 Å². The maximum absolute atomic E-state index is 8.71. The number of nitrogens with one attached hydrogen (secondary N) is 1. The lowest BCUT2D eigenvalue weighted by atomic mass is 10.5. The molecule has 7 nitrogen and oxygen atoms in total. The lowest BCUT2D eigenvalue weighted by Gasteiger charge is -2.06. The maximum atomic E-state index is 8.71. The predicted molar refractivity (Wildman–Crippen MR) is 65.2 cm³/mol. The zero-order valence-corrected chi connectivity index (χ0v) is 10.5. The predicted octanol–water partition coefficient (Wildman–Crippen LogP) is 1.57. The normalized spacial score (nSPS) is 9.61. The van der Waals surface area contributed by atoms with Crippen molar-refractivity contribution in [2.75, 3.05) is 19.5 Å². The number of anilines is 2. The van der Waals surface area contributed by atoms with Gasteiger partial charge in [-0.15, -0.1) is 0 Å². The number of nitriles is 1. The topological polar surface area (TPSA) is 93.0 Å². The van der Waals surface area contributed by atoms with Gasteiger partial charge in [0.25, 0.3) is 0 Å². The molecule has 0 radical (unpaired) electrons. The van der Waals surface area contributed by atoms with E-state index in [9.17, 15) is 0 Å². The van der Waals surface area contributed by atoms with E-state index < -0.39 is 0 Å². The van der Waals surface area contributed by atoms with E-state index in [1.54, 1.807) is 6.07 Å². The van der Waals surface area contributed by atoms with Crippen LogP contribution in [0.15, 0.2) is 12.3 Å². The van der Waals surface area contributed by atoms with Gasteiger partial charge >= 0.3 is 6.01 Å². The third-order valence-electron chi connectivity index (χ3n) is 1.92. The summed E-state index contributed by atoms with van der Waals surface area (Å²) < 4.78 is 9.97. The second kappa shape index (κ2) is 5.29. The van der Waals surface area contributed by atoms with Crippen LogP contribution < -0.4 is 14.8 Å². The molecule has 2 rings (SSSR count). The highest BCUT2D eigenvalue weighted by molar-refractivity contribution is 7.16. The Morgan fingerprint density at radius 3 is 2.78 bits per heavy atom. The lowest BCUT2D eigenvalue weighted by Crippen LogP contribution is -1.99. The van der Waals surface area contributed by atoms with E-state index in [2.05, 4.69) is 20.3 Å². The summed E-state index contributed by atoms with van der Waals surface area (Å²) in [4.78, 5) is 12.6. The van der Waals surface area contributed by atoms with Gasteiger partial charge in [-0.3, -0.25) is 0 Å². The van der Waals surface area contributed by atoms with Gasteiger partial charge in [0.1, 0.15) is 16.8 Å². The summed E-state index contributed by atoms with van der Waals surface area (Å²) in [6.07, 6.45) is 1.49. The van der Waals surface area contributed by atoms with E-state index >= 15 is 0 Å². The van der Waals surface area contributed by atoms with Crippen molar-refractivity contribution in [2.24, 2.45) is 0 Å². The highest BCUT2D eigenvalue weighted by Gasteiger charge is 2.07. The molecule has 92 valence electrons. The smallest absolute Gasteiger partial charge is 0.321 e. The number of aromatic nitrogens is 3. The molecule has 1 N–H and O–H groups in total. The van der Waals surface area contributed by atoms with Crippen molar-refractivity contribution in [1.29, 1.82) is 5.26 Å². The number of hydrogen-bond acceptors (Lipinski definition) is 8. The molecule has 0 aliphatic carbocycles. The standard InChI is InChI=1S/C10H9N5O2S/c1-16-8-3-7(13-9(15-8)17-2)14-10-12-5-6(4-11)18-10/h3,5H,1-2H3,(H,12,13,14,15). The van der Waals surface area contributed by atoms with Crippen LogP contribution in [-0.2, 0) is 0 Å². The Morgan fingerprint density at radius 1 is 1.33 bits per heavy atom. The molecule has 0 bridgehead atoms. The molecule has 0 aliphatic rings. The minimum atomic E-state index is 0.189. The Kier molecular flexibility index (Phi) is 3.54. The first-order valence-electron chi connectivity index (χ1n) is 4.85. The second-order valence-corrected chi connectivity index (χ2v) is 4.08. The number of nitrogens with zero attached hydrogens (tertiary/aromatic N) is 4. The molecule has 0 spiro atoms. The summed E-state index contributed by atoms with van der Waals surface area (Å²) in [5, 5.41) is 12.2. The quantitative estimate of drug-likeness (QED) is 0.894. The Morgan fingerprint density at radius 2 is 2.17 bits per heavy atom. The SMILES string of the molecule is COc1cc(Nc2ncc(C#N)s2)nc(OC)n1. The van der Waals surface area contributed by atoms with Crippen molar-refractivity contribution in [1.82, 2.24) is 15.0 Å². The molecule has 2 heterocycles. The van der Waals surface area contributed by atoms with Crippen LogP contribution in [0.25, 0.3) is 0 Å². The zero-order valence-electron chi connectivity index (χ0n) is 9.67. The van der Waals surface area contributed by atoms with Crippen molar-refractivity contribution in [3.8, 4) is 18.0 Å². The molecule has 0 fully saturated rings. The van der Waals surface area contributed by atoms with E-state index in [0.29, 0.717) is 21.7 Å². The molecule has 18 heavy (non-hydrogen) atoms. The second-order valence-electron chi connectivity index (χ2n) is 3.05. The van der Waals surface area contributed by atoms with Crippen LogP contribution in [0.1, 0.15) is 4.88 Å². The molecule has 2 aromatic rings. The zero-order chi connectivity index (χ0) is 13.0. The fourth-order valence-electron chi connectivity index (χ4n) is 1.16. The van der Waals surface area contributed by atoms with E-state index in [4.69, 9.17) is 14.7 Å². The summed E-state index contributed by atoms with van der Waals surface area (Å²) in [6.45, 7) is 0. The van der Waals surface area contributed by atoms with E-state index in [0.717, 1.165) is 0 Å². The Labute approximate surface area is 107 Å². The number of thiazole rings is 1. The van der Waals surface area contributed by atoms with Gasteiger partial charge in [0.15, 0.2) is 5.13 Å². The van der Waals surface area contributed by atoms with E-state index in [-0.39, 0.29) is 6.01 Å². The molecule has 0 aromatic carbocycles. The van der Waals surface area contributed by atoms with Crippen LogP contribution in [-0.4, -0.2) is 29.2 Å². The maximum Gasteiger partial charge on any atom is 0.321 e. The Balaban J connectivity index is 2.25. The lowest BCUT2D eigenvalue weighted by molar-refractivity contribution is 0.353. The van der Waals surface area contributed by atoms with Gasteiger partial charge < -0.3 is 14.8 Å². The van der Waals surface area contributed by atoms with Crippen molar-refractivity contribution in [3.05, 3.63) is 17.1 Å². The van der Waals surface area contributed by atoms with Crippen LogP contribution in [0.3, 0.4) is 0 Å². The molecule has 0 saturated carbocycles. The Hall–Kier alpha value is -2.40. The van der Waals surface area contributed by atoms with Gasteiger partial charge in [0.2, 0.25) is 5.88 Å². The number of hydrogen-bond donors (Lipinski definition) is 1. The van der Waals surface area contributed by atoms with Crippen LogP contribution in [0, 0.1) is 11.3 Å². The van der Waals surface area contributed by atoms with Gasteiger partial charge in [-0.2, -0.15) is 15.2 Å². The van der Waals surface area contributed by atoms with Crippen LogP contribution in [0.5, 0.6) is 11.9 Å². The number of methoxy groups -OCH3 is 2. The average molecular weight is 263 g/mol. The fourth-order valence-corrected chi connectivity index (χ4v) is 1.78. The molecule has 2 aromatic heterocycles. The summed E-state index contributed by atoms with van der Waals surface area (Å²) in [5.41, 5.74) is 0. The molecular weight excluding hydrogens is 254 g/mol. The largest absolute Gasteiger partial charge is 0.481 e. The summed E-state index contributed by atoms with van der Waals surface area (Å²) in [7, 11) is 2.97. The monoisotopic (exact) mass is 263 g/mol. The highest BCUT2D eigenvalue weighted by atomic mass is 32.1. The molecule has 8 heteroatoms. The molecule has 0 saturated heterocycles. The number of ether oxygens (including phenoxy) is 2. The molecule has 0 atom stereocenters. The van der Waals surface area contributed by atoms with Gasteiger partial charge in [-0.1, -0.05) is 11.3 Å². The fraction of sp³-hybridized carbons (Fsp3) is 0.200. The third-order valence-corrected chi connectivity index (χ3v) is 2.74. The first-order chi connectivity index (χ1) is 8.75. The van der Waals surface area contributed by atoms with Crippen LogP contribution >= 0.6 is 11.3 Å². The van der Waals surface area contributed by atoms with Gasteiger partial charge in [-0.25, -0.2) is 4.98 Å². The van der Waals surface area contributed by atoms with Crippen LogP contribution in [0.4, 0.5) is 10.9 Å². The Bertz CT molecular complexity index is 570. The molecule has 0 unspecified atom stereocenters. The van der Waals surface area contributed by atoms with Crippen molar-refractivity contribution in [2.45, 2.75) is 0 Å². The minimum absolute atomic E-state index is 0.189. The summed E-state index contributed by atoms with van der Waals surface area (Å²) in [6, 6.07) is 3.81. The minimum Gasteiger partial charge on any atom is -0.481 e. The van der Waals surface area contributed by atoms with E-state index in [1.807, 2.05) is 6.07 Å². The van der Waals surface area contributed by atoms with Crippen LogP contribution in [0.2, 0.25) is 0 Å². The highest BCUT2D eigenvalue weighted by Crippen LogP contribution is 2.24. The van der Waals surface area contributed by atoms with E-state index in [1.165, 1.54) is 31.8 Å². The first-order valence-corrected chi connectivity index (χ1v) is 5.67. The van der Waals surface area contributed by atoms with Gasteiger partial charge in [0, 0.05) is 6.07 Å². The molecule has 0 aliphatic heterocycles. The summed E-state index contributed by atoms with van der Waals surface area (Å²) in [5.74, 6) is 0.860. The first kappa shape index (κ1) is 12.1. The van der Waals surface area contributed by atoms with Crippen molar-refractivity contribution in [3.63, 3.8) is 0 Å². The molecule has 0 amide bonds. The van der Waals surface area contributed by atoms with Crippen molar-refractivity contribution >= 4 is 22.3 Å². The number of rotatable bonds is 4. The average Bonchev–Trinajstić information content (AvgIpc) is 2.85.